The molecule has 0 amide bonds. The molecular formula is C14H21NO3. The summed E-state index contributed by atoms with van der Waals surface area (Å²) in [6.07, 6.45) is 1.12. The van der Waals surface area contributed by atoms with Gasteiger partial charge in [-0.25, -0.2) is 0 Å². The lowest BCUT2D eigenvalue weighted by Gasteiger charge is -2.12. The van der Waals surface area contributed by atoms with E-state index in [2.05, 4.69) is 29.1 Å². The molecule has 4 nitrogen and oxygen atoms in total. The van der Waals surface area contributed by atoms with E-state index in [0.717, 1.165) is 12.1 Å². The fourth-order valence-electron chi connectivity index (χ4n) is 1.58. The first-order valence-electron chi connectivity index (χ1n) is 6.23. The highest BCUT2D eigenvalue weighted by atomic mass is 16.5. The molecule has 0 saturated heterocycles. The van der Waals surface area contributed by atoms with Gasteiger partial charge in [-0.05, 0) is 30.5 Å². The molecule has 1 aromatic carbocycles. The van der Waals surface area contributed by atoms with Gasteiger partial charge in [0, 0.05) is 18.7 Å². The highest BCUT2D eigenvalue weighted by Crippen LogP contribution is 2.10. The van der Waals surface area contributed by atoms with Gasteiger partial charge in [-0.1, -0.05) is 19.1 Å². The Bertz CT molecular complexity index is 362. The number of carbonyl (C=O) groups excluding carboxylic acids is 1. The van der Waals surface area contributed by atoms with Gasteiger partial charge in [0.1, 0.15) is 0 Å². The standard InChI is InChI=1S/C14H21NO3/c1-3-11-4-6-12(7-5-11)15-10-13(16)8-9-14(17)18-2/h4-7,13,15-16H,3,8-10H2,1-2H3. The molecule has 0 bridgehead atoms. The molecule has 0 spiro atoms. The average Bonchev–Trinajstić information content (AvgIpc) is 2.42. The van der Waals surface area contributed by atoms with E-state index in [-0.39, 0.29) is 12.4 Å². The number of hydrogen-bond acceptors (Lipinski definition) is 4. The van der Waals surface area contributed by atoms with E-state index in [1.807, 2.05) is 12.1 Å². The Hall–Kier alpha value is -1.55. The maximum Gasteiger partial charge on any atom is 0.305 e. The van der Waals surface area contributed by atoms with Crippen molar-refractivity contribution in [3.63, 3.8) is 0 Å². The molecule has 18 heavy (non-hydrogen) atoms. The lowest BCUT2D eigenvalue weighted by Crippen LogP contribution is -2.20. The zero-order chi connectivity index (χ0) is 13.4. The van der Waals surface area contributed by atoms with Crippen molar-refractivity contribution in [3.8, 4) is 0 Å². The van der Waals surface area contributed by atoms with Crippen LogP contribution in [0.25, 0.3) is 0 Å². The summed E-state index contributed by atoms with van der Waals surface area (Å²) in [6, 6.07) is 8.10. The molecule has 4 heteroatoms. The zero-order valence-electron chi connectivity index (χ0n) is 11.0. The van der Waals surface area contributed by atoms with Crippen molar-refractivity contribution in [2.75, 3.05) is 19.0 Å². The second-order valence-electron chi connectivity index (χ2n) is 4.20. The molecule has 0 radical (unpaired) electrons. The molecular weight excluding hydrogens is 230 g/mol. The number of methoxy groups -OCH3 is 1. The van der Waals surface area contributed by atoms with Crippen LogP contribution in [0.15, 0.2) is 24.3 Å². The van der Waals surface area contributed by atoms with Crippen LogP contribution >= 0.6 is 0 Å². The predicted molar refractivity (Wildman–Crippen MR) is 71.6 cm³/mol. The summed E-state index contributed by atoms with van der Waals surface area (Å²) < 4.78 is 4.52. The molecule has 1 unspecified atom stereocenters. The third kappa shape index (κ3) is 5.19. The minimum atomic E-state index is -0.546. The summed E-state index contributed by atoms with van der Waals surface area (Å²) in [6.45, 7) is 2.54. The SMILES string of the molecule is CCc1ccc(NCC(O)CCC(=O)OC)cc1. The number of aryl methyl sites for hydroxylation is 1. The molecule has 1 aromatic rings. The van der Waals surface area contributed by atoms with E-state index in [0.29, 0.717) is 13.0 Å². The summed E-state index contributed by atoms with van der Waals surface area (Å²) in [7, 11) is 1.35. The van der Waals surface area contributed by atoms with E-state index in [1.165, 1.54) is 12.7 Å². The van der Waals surface area contributed by atoms with Gasteiger partial charge < -0.3 is 15.2 Å². The Morgan fingerprint density at radius 2 is 2.06 bits per heavy atom. The van der Waals surface area contributed by atoms with Crippen LogP contribution in [-0.2, 0) is 16.0 Å². The van der Waals surface area contributed by atoms with E-state index < -0.39 is 6.10 Å². The second kappa shape index (κ2) is 7.71. The molecule has 0 aliphatic heterocycles. The van der Waals surface area contributed by atoms with Crippen LogP contribution in [0.5, 0.6) is 0 Å². The van der Waals surface area contributed by atoms with Crippen LogP contribution in [0, 0.1) is 0 Å². The molecule has 0 aromatic heterocycles. The number of aliphatic hydroxyl groups is 1. The lowest BCUT2D eigenvalue weighted by molar-refractivity contribution is -0.141. The number of esters is 1. The monoisotopic (exact) mass is 251 g/mol. The molecule has 0 aliphatic carbocycles. The van der Waals surface area contributed by atoms with Crippen molar-refractivity contribution in [1.82, 2.24) is 0 Å². The van der Waals surface area contributed by atoms with Crippen LogP contribution in [0.4, 0.5) is 5.69 Å². The third-order valence-corrected chi connectivity index (χ3v) is 2.81. The second-order valence-corrected chi connectivity index (χ2v) is 4.20. The van der Waals surface area contributed by atoms with Crippen molar-refractivity contribution in [3.05, 3.63) is 29.8 Å². The Morgan fingerprint density at radius 3 is 2.61 bits per heavy atom. The number of ether oxygens (including phenoxy) is 1. The Balaban J connectivity index is 2.28. The van der Waals surface area contributed by atoms with Gasteiger partial charge in [0.05, 0.1) is 13.2 Å². The van der Waals surface area contributed by atoms with Crippen LogP contribution in [-0.4, -0.2) is 30.8 Å². The lowest BCUT2D eigenvalue weighted by atomic mass is 10.1. The first kappa shape index (κ1) is 14.5. The zero-order valence-corrected chi connectivity index (χ0v) is 11.0. The Kier molecular flexibility index (Phi) is 6.22. The third-order valence-electron chi connectivity index (χ3n) is 2.81. The molecule has 1 rings (SSSR count). The summed E-state index contributed by atoms with van der Waals surface area (Å²) in [5, 5.41) is 12.8. The van der Waals surface area contributed by atoms with Crippen molar-refractivity contribution >= 4 is 11.7 Å². The van der Waals surface area contributed by atoms with E-state index in [9.17, 15) is 9.90 Å². The van der Waals surface area contributed by atoms with Crippen molar-refractivity contribution in [2.45, 2.75) is 32.3 Å². The molecule has 2 N–H and O–H groups in total. The van der Waals surface area contributed by atoms with Gasteiger partial charge in [0.15, 0.2) is 0 Å². The minimum Gasteiger partial charge on any atom is -0.469 e. The van der Waals surface area contributed by atoms with Crippen molar-refractivity contribution < 1.29 is 14.6 Å². The molecule has 100 valence electrons. The first-order chi connectivity index (χ1) is 8.65. The average molecular weight is 251 g/mol. The maximum absolute atomic E-state index is 10.9. The van der Waals surface area contributed by atoms with E-state index in [4.69, 9.17) is 0 Å². The maximum atomic E-state index is 10.9. The minimum absolute atomic E-state index is 0.244. The number of benzene rings is 1. The van der Waals surface area contributed by atoms with Gasteiger partial charge in [-0.2, -0.15) is 0 Å². The number of carbonyl (C=O) groups is 1. The normalized spacial score (nSPS) is 11.9. The number of hydrogen-bond donors (Lipinski definition) is 2. The molecule has 0 aliphatic rings. The van der Waals surface area contributed by atoms with Crippen LogP contribution in [0.1, 0.15) is 25.3 Å². The van der Waals surface area contributed by atoms with Gasteiger partial charge in [0.25, 0.3) is 0 Å². The predicted octanol–water partition coefficient (Wildman–Crippen LogP) is 1.97. The molecule has 0 saturated carbocycles. The van der Waals surface area contributed by atoms with Crippen molar-refractivity contribution in [2.24, 2.45) is 0 Å². The van der Waals surface area contributed by atoms with Gasteiger partial charge in [-0.15, -0.1) is 0 Å². The number of rotatable bonds is 7. The largest absolute Gasteiger partial charge is 0.469 e. The Labute approximate surface area is 108 Å². The summed E-state index contributed by atoms with van der Waals surface area (Å²) in [5.74, 6) is -0.290. The number of nitrogens with one attached hydrogen (secondary N) is 1. The highest BCUT2D eigenvalue weighted by molar-refractivity contribution is 5.69. The summed E-state index contributed by atoms with van der Waals surface area (Å²) >= 11 is 0. The number of aliphatic hydroxyl groups excluding tert-OH is 1. The summed E-state index contributed by atoms with van der Waals surface area (Å²) in [5.41, 5.74) is 2.26. The Morgan fingerprint density at radius 1 is 1.39 bits per heavy atom. The summed E-state index contributed by atoms with van der Waals surface area (Å²) in [4.78, 5) is 10.9. The topological polar surface area (TPSA) is 58.6 Å². The first-order valence-corrected chi connectivity index (χ1v) is 6.23. The van der Waals surface area contributed by atoms with Crippen LogP contribution in [0.3, 0.4) is 0 Å². The number of anilines is 1. The van der Waals surface area contributed by atoms with Crippen LogP contribution < -0.4 is 5.32 Å². The van der Waals surface area contributed by atoms with Gasteiger partial charge in [-0.3, -0.25) is 4.79 Å². The van der Waals surface area contributed by atoms with Crippen LogP contribution in [0.2, 0.25) is 0 Å². The van der Waals surface area contributed by atoms with E-state index >= 15 is 0 Å². The highest BCUT2D eigenvalue weighted by Gasteiger charge is 2.07. The smallest absolute Gasteiger partial charge is 0.305 e. The quantitative estimate of drug-likeness (QED) is 0.727. The van der Waals surface area contributed by atoms with Gasteiger partial charge >= 0.3 is 5.97 Å². The van der Waals surface area contributed by atoms with Gasteiger partial charge in [0.2, 0.25) is 0 Å². The van der Waals surface area contributed by atoms with E-state index in [1.54, 1.807) is 0 Å². The fraction of sp³-hybridized carbons (Fsp3) is 0.500. The molecule has 1 atom stereocenters. The fourth-order valence-corrected chi connectivity index (χ4v) is 1.58. The molecule has 0 fully saturated rings. The molecule has 0 heterocycles. The van der Waals surface area contributed by atoms with Crippen molar-refractivity contribution in [1.29, 1.82) is 0 Å².